The number of ether oxygens (including phenoxy) is 1. The van der Waals surface area contributed by atoms with Gasteiger partial charge in [-0.2, -0.15) is 0 Å². The molecule has 1 N–H and O–H groups in total. The van der Waals surface area contributed by atoms with E-state index in [1.165, 1.54) is 18.6 Å². The number of aromatic nitrogens is 2. The summed E-state index contributed by atoms with van der Waals surface area (Å²) < 4.78 is 5.86. The minimum absolute atomic E-state index is 0. The van der Waals surface area contributed by atoms with Gasteiger partial charge in [-0.05, 0) is 30.9 Å². The van der Waals surface area contributed by atoms with Crippen molar-refractivity contribution in [2.45, 2.75) is 31.9 Å². The van der Waals surface area contributed by atoms with Crippen molar-refractivity contribution >= 4 is 41.6 Å². The first kappa shape index (κ1) is 25.1. The second-order valence-electron chi connectivity index (χ2n) is 7.96. The molecular weight excluding hydrogens is 537 g/mol. The van der Waals surface area contributed by atoms with Gasteiger partial charge in [0.05, 0.1) is 17.6 Å². The topological polar surface area (TPSA) is 109 Å². The van der Waals surface area contributed by atoms with Crippen molar-refractivity contribution < 1.29 is 9.66 Å². The number of piperazine rings is 1. The summed E-state index contributed by atoms with van der Waals surface area (Å²) in [5.74, 6) is 1.59. The Bertz CT molecular complexity index is 900. The van der Waals surface area contributed by atoms with Crippen LogP contribution in [0.15, 0.2) is 47.7 Å². The number of guanidine groups is 1. The summed E-state index contributed by atoms with van der Waals surface area (Å²) in [6, 6.07) is 8.38. The zero-order valence-corrected chi connectivity index (χ0v) is 20.8. The number of nitro groups is 1. The molecule has 2 fully saturated rings. The molecule has 3 heterocycles. The third kappa shape index (κ3) is 7.22. The predicted molar refractivity (Wildman–Crippen MR) is 137 cm³/mol. The van der Waals surface area contributed by atoms with Crippen molar-refractivity contribution in [2.24, 2.45) is 4.99 Å². The fourth-order valence-corrected chi connectivity index (χ4v) is 3.90. The van der Waals surface area contributed by atoms with Crippen molar-refractivity contribution in [3.05, 3.63) is 58.4 Å². The predicted octanol–water partition coefficient (Wildman–Crippen LogP) is 2.84. The number of halogens is 1. The van der Waals surface area contributed by atoms with Gasteiger partial charge in [0, 0.05) is 63.9 Å². The zero-order valence-electron chi connectivity index (χ0n) is 18.5. The lowest BCUT2D eigenvalue weighted by atomic mass is 10.1. The maximum absolute atomic E-state index is 10.9. The number of anilines is 1. The molecule has 10 nitrogen and oxygen atoms in total. The summed E-state index contributed by atoms with van der Waals surface area (Å²) in [6.07, 6.45) is 7.10. The van der Waals surface area contributed by atoms with Gasteiger partial charge in [-0.25, -0.2) is 15.0 Å². The van der Waals surface area contributed by atoms with E-state index >= 15 is 0 Å². The van der Waals surface area contributed by atoms with E-state index in [1.807, 2.05) is 6.07 Å². The molecule has 4 rings (SSSR count). The average molecular weight is 567 g/mol. The molecule has 2 saturated heterocycles. The Morgan fingerprint density at radius 3 is 2.52 bits per heavy atom. The Morgan fingerprint density at radius 2 is 1.88 bits per heavy atom. The Morgan fingerprint density at radius 1 is 1.15 bits per heavy atom. The zero-order chi connectivity index (χ0) is 22.2. The first-order valence-corrected chi connectivity index (χ1v) is 11.1. The van der Waals surface area contributed by atoms with Crippen LogP contribution in [0, 0.1) is 10.1 Å². The number of nitrogens with zero attached hydrogens (tertiary/aromatic N) is 6. The number of hydrogen-bond acceptors (Lipinski definition) is 7. The van der Waals surface area contributed by atoms with Crippen LogP contribution in [-0.4, -0.2) is 71.2 Å². The van der Waals surface area contributed by atoms with E-state index in [1.54, 1.807) is 24.5 Å². The molecule has 2 aliphatic rings. The summed E-state index contributed by atoms with van der Waals surface area (Å²) >= 11 is 0. The Labute approximate surface area is 210 Å². The van der Waals surface area contributed by atoms with Gasteiger partial charge in [0.1, 0.15) is 0 Å². The number of nitro benzene ring substituents is 1. The summed E-state index contributed by atoms with van der Waals surface area (Å²) in [5.41, 5.74) is 1.02. The summed E-state index contributed by atoms with van der Waals surface area (Å²) in [5, 5.41) is 14.4. The van der Waals surface area contributed by atoms with Crippen LogP contribution in [0.5, 0.6) is 0 Å². The summed E-state index contributed by atoms with van der Waals surface area (Å²) in [6.45, 7) is 5.21. The van der Waals surface area contributed by atoms with Gasteiger partial charge in [-0.3, -0.25) is 10.1 Å². The van der Waals surface area contributed by atoms with Crippen LogP contribution in [0.2, 0.25) is 0 Å². The van der Waals surface area contributed by atoms with Gasteiger partial charge in [0.2, 0.25) is 5.95 Å². The van der Waals surface area contributed by atoms with Crippen LogP contribution in [0.4, 0.5) is 11.6 Å². The molecule has 1 aromatic heterocycles. The minimum Gasteiger partial charge on any atom is -0.376 e. The average Bonchev–Trinajstić information content (AvgIpc) is 2.86. The molecule has 0 bridgehead atoms. The molecule has 0 spiro atoms. The SMILES string of the molecule is I.O=[N+]([O-])c1ccc(CN=C(NCC2CCCCO2)N2CCN(c3ncccn3)CC2)cc1. The molecule has 1 atom stereocenters. The van der Waals surface area contributed by atoms with E-state index in [-0.39, 0.29) is 40.7 Å². The third-order valence-electron chi connectivity index (χ3n) is 5.73. The van der Waals surface area contributed by atoms with E-state index in [9.17, 15) is 10.1 Å². The van der Waals surface area contributed by atoms with Gasteiger partial charge in [0.15, 0.2) is 5.96 Å². The molecule has 1 aromatic carbocycles. The van der Waals surface area contributed by atoms with Gasteiger partial charge in [0.25, 0.3) is 5.69 Å². The normalized spacial score (nSPS) is 19.0. The lowest BCUT2D eigenvalue weighted by molar-refractivity contribution is -0.384. The summed E-state index contributed by atoms with van der Waals surface area (Å²) in [7, 11) is 0. The van der Waals surface area contributed by atoms with Crippen LogP contribution in [0.25, 0.3) is 0 Å². The van der Waals surface area contributed by atoms with E-state index in [2.05, 4.69) is 25.1 Å². The van der Waals surface area contributed by atoms with E-state index in [0.717, 1.165) is 69.6 Å². The Kier molecular flexibility index (Phi) is 9.61. The molecule has 1 unspecified atom stereocenters. The minimum atomic E-state index is -0.389. The van der Waals surface area contributed by atoms with Crippen LogP contribution in [0.3, 0.4) is 0 Å². The molecule has 0 aliphatic carbocycles. The third-order valence-corrected chi connectivity index (χ3v) is 5.73. The molecule has 2 aromatic rings. The second kappa shape index (κ2) is 12.6. The number of benzene rings is 1. The number of nitrogens with one attached hydrogen (secondary N) is 1. The molecule has 11 heteroatoms. The van der Waals surface area contributed by atoms with Crippen LogP contribution in [0.1, 0.15) is 24.8 Å². The number of hydrogen-bond donors (Lipinski definition) is 1. The Balaban J connectivity index is 0.00000306. The fourth-order valence-electron chi connectivity index (χ4n) is 3.90. The number of aliphatic imine (C=N–C) groups is 1. The van der Waals surface area contributed by atoms with Crippen molar-refractivity contribution in [3.63, 3.8) is 0 Å². The fraction of sp³-hybridized carbons (Fsp3) is 0.500. The van der Waals surface area contributed by atoms with Gasteiger partial charge in [-0.15, -0.1) is 24.0 Å². The maximum atomic E-state index is 10.9. The largest absolute Gasteiger partial charge is 0.376 e. The molecular formula is C22H30IN7O3. The summed E-state index contributed by atoms with van der Waals surface area (Å²) in [4.78, 5) is 28.4. The smallest absolute Gasteiger partial charge is 0.269 e. The molecule has 0 amide bonds. The lowest BCUT2D eigenvalue weighted by Crippen LogP contribution is -2.54. The number of non-ortho nitro benzene ring substituents is 1. The van der Waals surface area contributed by atoms with Crippen LogP contribution < -0.4 is 10.2 Å². The number of rotatable bonds is 6. The van der Waals surface area contributed by atoms with Crippen molar-refractivity contribution in [1.29, 1.82) is 0 Å². The second-order valence-corrected chi connectivity index (χ2v) is 7.96. The molecule has 0 saturated carbocycles. The van der Waals surface area contributed by atoms with E-state index < -0.39 is 0 Å². The van der Waals surface area contributed by atoms with Crippen molar-refractivity contribution in [1.82, 2.24) is 20.2 Å². The highest BCUT2D eigenvalue weighted by atomic mass is 127. The molecule has 33 heavy (non-hydrogen) atoms. The first-order valence-electron chi connectivity index (χ1n) is 11.1. The molecule has 2 aliphatic heterocycles. The lowest BCUT2D eigenvalue weighted by Gasteiger charge is -2.37. The van der Waals surface area contributed by atoms with Gasteiger partial charge < -0.3 is 19.9 Å². The highest BCUT2D eigenvalue weighted by Crippen LogP contribution is 2.15. The molecule has 178 valence electrons. The maximum Gasteiger partial charge on any atom is 0.269 e. The Hall–Kier alpha value is -2.54. The van der Waals surface area contributed by atoms with Crippen molar-refractivity contribution in [2.75, 3.05) is 44.2 Å². The van der Waals surface area contributed by atoms with Crippen LogP contribution >= 0.6 is 24.0 Å². The highest BCUT2D eigenvalue weighted by Gasteiger charge is 2.22. The quantitative estimate of drug-likeness (QED) is 0.187. The first-order chi connectivity index (χ1) is 15.7. The highest BCUT2D eigenvalue weighted by molar-refractivity contribution is 14.0. The standard InChI is InChI=1S/C22H29N7O3.HI/c30-29(31)19-7-5-18(6-8-19)16-25-22(26-17-20-4-1-2-15-32-20)28-13-11-27(12-14-28)21-23-9-3-10-24-21;/h3,5-10,20H,1-2,4,11-17H2,(H,25,26);1H. The monoisotopic (exact) mass is 567 g/mol. The molecule has 0 radical (unpaired) electrons. The van der Waals surface area contributed by atoms with Crippen LogP contribution in [-0.2, 0) is 11.3 Å². The van der Waals surface area contributed by atoms with E-state index in [4.69, 9.17) is 9.73 Å². The van der Waals surface area contributed by atoms with Gasteiger partial charge >= 0.3 is 0 Å². The van der Waals surface area contributed by atoms with E-state index in [0.29, 0.717) is 6.54 Å². The van der Waals surface area contributed by atoms with Gasteiger partial charge in [-0.1, -0.05) is 12.1 Å². The van der Waals surface area contributed by atoms with Crippen molar-refractivity contribution in [3.8, 4) is 0 Å².